The van der Waals surface area contributed by atoms with Crippen LogP contribution in [0.2, 0.25) is 0 Å². The summed E-state index contributed by atoms with van der Waals surface area (Å²) in [6.07, 6.45) is 8.24. The van der Waals surface area contributed by atoms with Crippen LogP contribution in [0.4, 0.5) is 0 Å². The van der Waals surface area contributed by atoms with Crippen LogP contribution in [0.25, 0.3) is 0 Å². The molecule has 0 aromatic carbocycles. The van der Waals surface area contributed by atoms with Gasteiger partial charge in [-0.05, 0) is 38.5 Å². The van der Waals surface area contributed by atoms with Crippen LogP contribution in [0.15, 0.2) is 6.20 Å². The average molecular weight is 303 g/mol. The van der Waals surface area contributed by atoms with Crippen molar-refractivity contribution in [2.24, 2.45) is 11.8 Å². The smallest absolute Gasteiger partial charge is 0.225 e. The highest BCUT2D eigenvalue weighted by atomic mass is 16.2. The van der Waals surface area contributed by atoms with E-state index in [0.717, 1.165) is 32.5 Å². The van der Waals surface area contributed by atoms with E-state index < -0.39 is 0 Å². The maximum absolute atomic E-state index is 12.1. The topological polar surface area (TPSA) is 38.1 Å². The molecule has 1 aromatic heterocycles. The Kier molecular flexibility index (Phi) is 4.55. The Morgan fingerprint density at radius 1 is 1.27 bits per heavy atom. The summed E-state index contributed by atoms with van der Waals surface area (Å²) in [6.45, 7) is 9.10. The number of hydrogen-bond acceptors (Lipinski definition) is 2. The lowest BCUT2D eigenvalue weighted by Gasteiger charge is -2.34. The van der Waals surface area contributed by atoms with Gasteiger partial charge in [0, 0.05) is 43.4 Å². The molecule has 4 heteroatoms. The van der Waals surface area contributed by atoms with E-state index in [0.29, 0.717) is 17.7 Å². The van der Waals surface area contributed by atoms with E-state index >= 15 is 0 Å². The number of carbonyl (C=O) groups is 1. The van der Waals surface area contributed by atoms with Crippen LogP contribution in [0.3, 0.4) is 0 Å². The number of aryl methyl sites for hydroxylation is 1. The van der Waals surface area contributed by atoms with Crippen LogP contribution in [0.1, 0.15) is 63.4 Å². The second-order valence-corrected chi connectivity index (χ2v) is 7.42. The van der Waals surface area contributed by atoms with E-state index in [9.17, 15) is 4.79 Å². The molecule has 2 aliphatic rings. The molecule has 22 heavy (non-hydrogen) atoms. The van der Waals surface area contributed by atoms with Gasteiger partial charge in [-0.15, -0.1) is 0 Å². The van der Waals surface area contributed by atoms with Gasteiger partial charge in [0.25, 0.3) is 0 Å². The molecular formula is C18H29N3O. The SMILES string of the molecule is Cc1cnc(C2CCC2)n1CC1CCN(C(=O)C(C)C)CC1. The van der Waals surface area contributed by atoms with Gasteiger partial charge in [0.05, 0.1) is 0 Å². The lowest BCUT2D eigenvalue weighted by atomic mass is 9.84. The summed E-state index contributed by atoms with van der Waals surface area (Å²) in [4.78, 5) is 18.8. The molecule has 0 spiro atoms. The fraction of sp³-hybridized carbons (Fsp3) is 0.778. The van der Waals surface area contributed by atoms with Crippen molar-refractivity contribution < 1.29 is 4.79 Å². The number of aromatic nitrogens is 2. The van der Waals surface area contributed by atoms with Crippen LogP contribution in [-0.2, 0) is 11.3 Å². The third kappa shape index (κ3) is 3.06. The molecule has 1 aliphatic heterocycles. The molecule has 1 saturated carbocycles. The van der Waals surface area contributed by atoms with Gasteiger partial charge in [-0.25, -0.2) is 4.98 Å². The van der Waals surface area contributed by atoms with Crippen LogP contribution >= 0.6 is 0 Å². The fourth-order valence-corrected chi connectivity index (χ4v) is 3.67. The summed E-state index contributed by atoms with van der Waals surface area (Å²) in [6, 6.07) is 0. The molecule has 0 unspecified atom stereocenters. The highest BCUT2D eigenvalue weighted by Gasteiger charge is 2.28. The van der Waals surface area contributed by atoms with Gasteiger partial charge in [0.15, 0.2) is 0 Å². The van der Waals surface area contributed by atoms with Crippen molar-refractivity contribution >= 4 is 5.91 Å². The van der Waals surface area contributed by atoms with Gasteiger partial charge in [-0.3, -0.25) is 4.79 Å². The fourth-order valence-electron chi connectivity index (χ4n) is 3.67. The number of likely N-dealkylation sites (tertiary alicyclic amines) is 1. The van der Waals surface area contributed by atoms with Gasteiger partial charge in [0.1, 0.15) is 5.82 Å². The number of hydrogen-bond donors (Lipinski definition) is 0. The zero-order valence-corrected chi connectivity index (χ0v) is 14.2. The largest absolute Gasteiger partial charge is 0.342 e. The number of nitrogens with zero attached hydrogens (tertiary/aromatic N) is 3. The summed E-state index contributed by atoms with van der Waals surface area (Å²) in [5.41, 5.74) is 1.29. The number of rotatable bonds is 4. The molecule has 1 aromatic rings. The maximum Gasteiger partial charge on any atom is 0.225 e. The first-order valence-corrected chi connectivity index (χ1v) is 8.87. The first-order chi connectivity index (χ1) is 10.6. The van der Waals surface area contributed by atoms with E-state index in [2.05, 4.69) is 21.4 Å². The number of amides is 1. The van der Waals surface area contributed by atoms with E-state index in [1.807, 2.05) is 20.0 Å². The second-order valence-electron chi connectivity index (χ2n) is 7.42. The summed E-state index contributed by atoms with van der Waals surface area (Å²) in [5.74, 6) is 3.12. The van der Waals surface area contributed by atoms with Crippen molar-refractivity contribution in [1.29, 1.82) is 0 Å². The molecule has 0 N–H and O–H groups in total. The number of imidazole rings is 1. The van der Waals surface area contributed by atoms with Crippen LogP contribution in [0.5, 0.6) is 0 Å². The quantitative estimate of drug-likeness (QED) is 0.855. The Hall–Kier alpha value is -1.32. The minimum absolute atomic E-state index is 0.123. The first-order valence-electron chi connectivity index (χ1n) is 8.87. The highest BCUT2D eigenvalue weighted by molar-refractivity contribution is 5.78. The third-order valence-corrected chi connectivity index (χ3v) is 5.42. The molecule has 2 heterocycles. The van der Waals surface area contributed by atoms with Gasteiger partial charge < -0.3 is 9.47 Å². The summed E-state index contributed by atoms with van der Waals surface area (Å²) >= 11 is 0. The van der Waals surface area contributed by atoms with Gasteiger partial charge in [-0.1, -0.05) is 20.3 Å². The molecule has 0 bridgehead atoms. The van der Waals surface area contributed by atoms with Crippen molar-refractivity contribution in [3.8, 4) is 0 Å². The summed E-state index contributed by atoms with van der Waals surface area (Å²) in [5, 5.41) is 0. The zero-order chi connectivity index (χ0) is 15.7. The predicted molar refractivity (Wildman–Crippen MR) is 87.7 cm³/mol. The molecule has 0 atom stereocenters. The zero-order valence-electron chi connectivity index (χ0n) is 14.2. The summed E-state index contributed by atoms with van der Waals surface area (Å²) < 4.78 is 2.45. The van der Waals surface area contributed by atoms with Crippen molar-refractivity contribution in [1.82, 2.24) is 14.5 Å². The molecule has 2 fully saturated rings. The minimum Gasteiger partial charge on any atom is -0.342 e. The van der Waals surface area contributed by atoms with Crippen LogP contribution in [-0.4, -0.2) is 33.4 Å². The Morgan fingerprint density at radius 2 is 1.95 bits per heavy atom. The van der Waals surface area contributed by atoms with Crippen molar-refractivity contribution in [3.05, 3.63) is 17.7 Å². The predicted octanol–water partition coefficient (Wildman–Crippen LogP) is 3.35. The summed E-state index contributed by atoms with van der Waals surface area (Å²) in [7, 11) is 0. The number of carbonyl (C=O) groups excluding carboxylic acids is 1. The van der Waals surface area contributed by atoms with Crippen LogP contribution in [0, 0.1) is 18.8 Å². The normalized spacial score (nSPS) is 20.5. The van der Waals surface area contributed by atoms with E-state index in [-0.39, 0.29) is 5.92 Å². The Balaban J connectivity index is 1.59. The molecular weight excluding hydrogens is 274 g/mol. The van der Waals surface area contributed by atoms with E-state index in [1.54, 1.807) is 0 Å². The standard InChI is InChI=1S/C18H29N3O/c1-13(2)18(22)20-9-7-15(8-10-20)12-21-14(3)11-19-17(21)16-5-4-6-16/h11,13,15-16H,4-10,12H2,1-3H3. The highest BCUT2D eigenvalue weighted by Crippen LogP contribution is 2.36. The van der Waals surface area contributed by atoms with Gasteiger partial charge in [0.2, 0.25) is 5.91 Å². The average Bonchev–Trinajstić information content (AvgIpc) is 2.79. The molecule has 0 radical (unpaired) electrons. The molecule has 4 nitrogen and oxygen atoms in total. The van der Waals surface area contributed by atoms with Crippen molar-refractivity contribution in [2.45, 2.75) is 65.3 Å². The van der Waals surface area contributed by atoms with Crippen LogP contribution < -0.4 is 0 Å². The monoisotopic (exact) mass is 303 g/mol. The molecule has 1 amide bonds. The second kappa shape index (κ2) is 6.43. The third-order valence-electron chi connectivity index (χ3n) is 5.42. The number of piperidine rings is 1. The van der Waals surface area contributed by atoms with Gasteiger partial charge in [-0.2, -0.15) is 0 Å². The Bertz CT molecular complexity index is 522. The molecule has 1 aliphatic carbocycles. The minimum atomic E-state index is 0.123. The molecule has 1 saturated heterocycles. The van der Waals surface area contributed by atoms with Crippen molar-refractivity contribution in [3.63, 3.8) is 0 Å². The first kappa shape index (κ1) is 15.6. The van der Waals surface area contributed by atoms with E-state index in [1.165, 1.54) is 30.8 Å². The molecule has 122 valence electrons. The lowest BCUT2D eigenvalue weighted by molar-refractivity contribution is -0.135. The Labute approximate surface area is 133 Å². The van der Waals surface area contributed by atoms with Gasteiger partial charge >= 0.3 is 0 Å². The maximum atomic E-state index is 12.1. The lowest BCUT2D eigenvalue weighted by Crippen LogP contribution is -2.41. The van der Waals surface area contributed by atoms with E-state index in [4.69, 9.17) is 0 Å². The molecule has 3 rings (SSSR count). The van der Waals surface area contributed by atoms with Crippen molar-refractivity contribution in [2.75, 3.05) is 13.1 Å². The Morgan fingerprint density at radius 3 is 2.50 bits per heavy atom.